The summed E-state index contributed by atoms with van der Waals surface area (Å²) in [6, 6.07) is 13.7. The van der Waals surface area contributed by atoms with Crippen LogP contribution in [0.2, 0.25) is 5.15 Å². The van der Waals surface area contributed by atoms with Crippen molar-refractivity contribution in [2.75, 3.05) is 10.6 Å². The Morgan fingerprint density at radius 3 is 2.21 bits per heavy atom. The molecule has 0 bridgehead atoms. The van der Waals surface area contributed by atoms with E-state index in [1.165, 1.54) is 29.0 Å². The molecule has 1 fully saturated rings. The van der Waals surface area contributed by atoms with E-state index in [9.17, 15) is 9.18 Å². The summed E-state index contributed by atoms with van der Waals surface area (Å²) in [6.45, 7) is 0. The van der Waals surface area contributed by atoms with Gasteiger partial charge in [-0.2, -0.15) is 0 Å². The molecule has 172 valence electrons. The van der Waals surface area contributed by atoms with Crippen molar-refractivity contribution in [1.82, 2.24) is 19.5 Å². The fourth-order valence-electron chi connectivity index (χ4n) is 4.16. The fourth-order valence-corrected chi connectivity index (χ4v) is 4.26. The zero-order chi connectivity index (χ0) is 23.5. The smallest absolute Gasteiger partial charge is 0.255 e. The maximum atomic E-state index is 13.2. The van der Waals surface area contributed by atoms with Gasteiger partial charge in [-0.25, -0.2) is 19.3 Å². The van der Waals surface area contributed by atoms with Crippen LogP contribution in [0.1, 0.15) is 19.3 Å². The molecule has 4 aromatic rings. The van der Waals surface area contributed by atoms with E-state index in [1.807, 2.05) is 12.1 Å². The third-order valence-electron chi connectivity index (χ3n) is 5.87. The second-order valence-corrected chi connectivity index (χ2v) is 8.64. The monoisotopic (exact) mass is 476 g/mol. The van der Waals surface area contributed by atoms with Gasteiger partial charge in [-0.3, -0.25) is 9.36 Å². The first-order valence-corrected chi connectivity index (χ1v) is 11.4. The Kier molecular flexibility index (Phi) is 6.22. The van der Waals surface area contributed by atoms with Crippen LogP contribution in [0, 0.1) is 5.82 Å². The van der Waals surface area contributed by atoms with Crippen molar-refractivity contribution in [2.45, 2.75) is 31.3 Å². The number of aromatic nitrogens is 4. The van der Waals surface area contributed by atoms with Gasteiger partial charge in [-0.05, 0) is 60.7 Å². The quantitative estimate of drug-likeness (QED) is 0.410. The molecule has 1 saturated carbocycles. The zero-order valence-electron chi connectivity index (χ0n) is 18.2. The normalized spacial score (nSPS) is 17.5. The Balaban J connectivity index is 1.24. The van der Waals surface area contributed by atoms with Crippen LogP contribution in [0.15, 0.2) is 78.1 Å². The standard InChI is InChI=1S/C25H22ClFN6O/c26-22-13-30-24(14-28-22)32-20-7-6-19(11-20)31-23-9-8-21(12-29-23)33-15-17(3-10-25(33)34)16-1-4-18(27)5-2-16/h1-5,8-10,12-15,19-20H,6-7,11H2,(H,29,31)(H,30,32)/t19-,20-/m0/s1. The van der Waals surface area contributed by atoms with E-state index in [1.54, 1.807) is 36.8 Å². The summed E-state index contributed by atoms with van der Waals surface area (Å²) in [5.41, 5.74) is 2.14. The minimum absolute atomic E-state index is 0.164. The molecule has 2 N–H and O–H groups in total. The predicted octanol–water partition coefficient (Wildman–Crippen LogP) is 4.93. The van der Waals surface area contributed by atoms with Crippen molar-refractivity contribution < 1.29 is 4.39 Å². The third-order valence-corrected chi connectivity index (χ3v) is 6.07. The summed E-state index contributed by atoms with van der Waals surface area (Å²) < 4.78 is 14.8. The molecular weight excluding hydrogens is 455 g/mol. The van der Waals surface area contributed by atoms with Gasteiger partial charge < -0.3 is 10.6 Å². The molecular formula is C25H22ClFN6O. The van der Waals surface area contributed by atoms with Gasteiger partial charge in [-0.15, -0.1) is 0 Å². The molecule has 0 spiro atoms. The molecule has 0 saturated heterocycles. The topological polar surface area (TPSA) is 84.7 Å². The molecule has 3 aromatic heterocycles. The van der Waals surface area contributed by atoms with Crippen molar-refractivity contribution in [3.63, 3.8) is 0 Å². The number of benzene rings is 1. The molecule has 34 heavy (non-hydrogen) atoms. The number of pyridine rings is 2. The van der Waals surface area contributed by atoms with Gasteiger partial charge in [0, 0.05) is 24.3 Å². The van der Waals surface area contributed by atoms with Gasteiger partial charge in [0.2, 0.25) is 0 Å². The first kappa shape index (κ1) is 22.0. The lowest BCUT2D eigenvalue weighted by atomic mass is 10.1. The third kappa shape index (κ3) is 5.07. The van der Waals surface area contributed by atoms with Crippen molar-refractivity contribution in [1.29, 1.82) is 0 Å². The first-order valence-electron chi connectivity index (χ1n) is 11.0. The second kappa shape index (κ2) is 9.61. The van der Waals surface area contributed by atoms with Crippen LogP contribution < -0.4 is 16.2 Å². The Labute approximate surface area is 200 Å². The Hall–Kier alpha value is -3.78. The average Bonchev–Trinajstić information content (AvgIpc) is 3.29. The van der Waals surface area contributed by atoms with Gasteiger partial charge in [0.1, 0.15) is 22.6 Å². The largest absolute Gasteiger partial charge is 0.367 e. The van der Waals surface area contributed by atoms with Crippen LogP contribution >= 0.6 is 11.6 Å². The molecule has 3 heterocycles. The molecule has 0 unspecified atom stereocenters. The van der Waals surface area contributed by atoms with Crippen LogP contribution in [0.3, 0.4) is 0 Å². The van der Waals surface area contributed by atoms with Crippen LogP contribution in [0.25, 0.3) is 16.8 Å². The lowest BCUT2D eigenvalue weighted by Gasteiger charge is -2.16. The van der Waals surface area contributed by atoms with E-state index in [0.29, 0.717) is 22.7 Å². The summed E-state index contributed by atoms with van der Waals surface area (Å²) in [4.78, 5) is 25.3. The van der Waals surface area contributed by atoms with E-state index < -0.39 is 0 Å². The number of anilines is 2. The first-order chi connectivity index (χ1) is 16.5. The molecule has 0 radical (unpaired) electrons. The van der Waals surface area contributed by atoms with Crippen LogP contribution in [-0.4, -0.2) is 31.6 Å². The summed E-state index contributed by atoms with van der Waals surface area (Å²) in [5, 5.41) is 7.23. The Bertz CT molecular complexity index is 1330. The van der Waals surface area contributed by atoms with Crippen LogP contribution in [0.5, 0.6) is 0 Å². The predicted molar refractivity (Wildman–Crippen MR) is 131 cm³/mol. The van der Waals surface area contributed by atoms with E-state index in [-0.39, 0.29) is 17.4 Å². The number of nitrogens with zero attached hydrogens (tertiary/aromatic N) is 4. The number of halogens is 2. The summed E-state index contributed by atoms with van der Waals surface area (Å²) >= 11 is 5.79. The molecule has 0 amide bonds. The van der Waals surface area contributed by atoms with E-state index >= 15 is 0 Å². The summed E-state index contributed by atoms with van der Waals surface area (Å²) in [7, 11) is 0. The Morgan fingerprint density at radius 2 is 1.53 bits per heavy atom. The number of nitrogens with one attached hydrogen (secondary N) is 2. The molecule has 1 aliphatic carbocycles. The highest BCUT2D eigenvalue weighted by Gasteiger charge is 2.25. The minimum Gasteiger partial charge on any atom is -0.367 e. The SMILES string of the molecule is O=c1ccc(-c2ccc(F)cc2)cn1-c1ccc(N[C@H]2CC[C@H](Nc3cnc(Cl)cn3)C2)nc1. The zero-order valence-corrected chi connectivity index (χ0v) is 18.9. The summed E-state index contributed by atoms with van der Waals surface area (Å²) in [6.07, 6.45) is 9.51. The van der Waals surface area contributed by atoms with Gasteiger partial charge in [0.05, 0.1) is 24.3 Å². The highest BCUT2D eigenvalue weighted by atomic mass is 35.5. The van der Waals surface area contributed by atoms with Crippen LogP contribution in [0.4, 0.5) is 16.0 Å². The molecule has 1 aromatic carbocycles. The van der Waals surface area contributed by atoms with Crippen LogP contribution in [-0.2, 0) is 0 Å². The Morgan fingerprint density at radius 1 is 0.824 bits per heavy atom. The fraction of sp³-hybridized carbons (Fsp3) is 0.200. The van der Waals surface area contributed by atoms with Gasteiger partial charge in [-0.1, -0.05) is 23.7 Å². The number of hydrogen-bond donors (Lipinski definition) is 2. The number of rotatable bonds is 6. The molecule has 2 atom stereocenters. The highest BCUT2D eigenvalue weighted by Crippen LogP contribution is 2.25. The lowest BCUT2D eigenvalue weighted by Crippen LogP contribution is -2.21. The molecule has 5 rings (SSSR count). The maximum absolute atomic E-state index is 13.2. The molecule has 9 heteroatoms. The van der Waals surface area contributed by atoms with Crippen molar-refractivity contribution >= 4 is 23.2 Å². The lowest BCUT2D eigenvalue weighted by molar-refractivity contribution is 0.628. The highest BCUT2D eigenvalue weighted by molar-refractivity contribution is 6.29. The van der Waals surface area contributed by atoms with Crippen molar-refractivity contribution in [3.8, 4) is 16.8 Å². The van der Waals surface area contributed by atoms with Gasteiger partial charge in [0.25, 0.3) is 5.56 Å². The number of hydrogen-bond acceptors (Lipinski definition) is 6. The minimum atomic E-state index is -0.299. The molecule has 0 aliphatic heterocycles. The van der Waals surface area contributed by atoms with Gasteiger partial charge >= 0.3 is 0 Å². The van der Waals surface area contributed by atoms with Crippen molar-refractivity contribution in [2.24, 2.45) is 0 Å². The molecule has 1 aliphatic rings. The van der Waals surface area contributed by atoms with Gasteiger partial charge in [0.15, 0.2) is 0 Å². The van der Waals surface area contributed by atoms with Crippen molar-refractivity contribution in [3.05, 3.63) is 94.6 Å². The van der Waals surface area contributed by atoms with E-state index in [0.717, 1.165) is 36.2 Å². The average molecular weight is 477 g/mol. The molecule has 7 nitrogen and oxygen atoms in total. The summed E-state index contributed by atoms with van der Waals surface area (Å²) in [5.74, 6) is 1.17. The van der Waals surface area contributed by atoms with E-state index in [4.69, 9.17) is 11.6 Å². The second-order valence-electron chi connectivity index (χ2n) is 8.25. The van der Waals surface area contributed by atoms with E-state index in [2.05, 4.69) is 25.6 Å². The maximum Gasteiger partial charge on any atom is 0.255 e.